The maximum absolute atomic E-state index is 12.5. The van der Waals surface area contributed by atoms with E-state index in [1.165, 1.54) is 23.0 Å². The van der Waals surface area contributed by atoms with Crippen molar-refractivity contribution in [2.24, 2.45) is 4.99 Å². The summed E-state index contributed by atoms with van der Waals surface area (Å²) in [5, 5.41) is 4.10. The molecule has 0 radical (unpaired) electrons. The number of amidine groups is 1. The minimum absolute atomic E-state index is 0.117. The summed E-state index contributed by atoms with van der Waals surface area (Å²) in [7, 11) is 0. The summed E-state index contributed by atoms with van der Waals surface area (Å²) in [6.45, 7) is 11.4. The van der Waals surface area contributed by atoms with Crippen LogP contribution in [0.2, 0.25) is 5.02 Å². The van der Waals surface area contributed by atoms with Crippen molar-refractivity contribution in [3.8, 4) is 0 Å². The van der Waals surface area contributed by atoms with Crippen molar-refractivity contribution in [2.45, 2.75) is 58.5 Å². The van der Waals surface area contributed by atoms with E-state index in [0.717, 1.165) is 17.7 Å². The molecular formula is C25H28ClN3OS. The molecule has 1 atom stereocenters. The van der Waals surface area contributed by atoms with Crippen LogP contribution < -0.4 is 10.2 Å². The molecule has 4 nitrogen and oxygen atoms in total. The maximum Gasteiger partial charge on any atom is 0.264 e. The Balaban J connectivity index is 1.62. The summed E-state index contributed by atoms with van der Waals surface area (Å²) in [6.07, 6.45) is 3.06. The third-order valence-electron chi connectivity index (χ3n) is 5.82. The van der Waals surface area contributed by atoms with E-state index in [1.54, 1.807) is 12.1 Å². The topological polar surface area (TPSA) is 44.7 Å². The summed E-state index contributed by atoms with van der Waals surface area (Å²) in [4.78, 5) is 20.2. The van der Waals surface area contributed by atoms with Gasteiger partial charge in [0.15, 0.2) is 5.17 Å². The second-order valence-corrected chi connectivity index (χ2v) is 10.6. The number of halogens is 1. The van der Waals surface area contributed by atoms with Crippen LogP contribution in [0.4, 0.5) is 11.4 Å². The molecule has 31 heavy (non-hydrogen) atoms. The van der Waals surface area contributed by atoms with Crippen LogP contribution in [-0.4, -0.2) is 22.7 Å². The molecule has 0 saturated carbocycles. The zero-order valence-electron chi connectivity index (χ0n) is 18.6. The molecule has 1 unspecified atom stereocenters. The monoisotopic (exact) mass is 453 g/mol. The Kier molecular flexibility index (Phi) is 5.93. The van der Waals surface area contributed by atoms with Crippen molar-refractivity contribution in [2.75, 3.05) is 4.90 Å². The number of amides is 1. The lowest BCUT2D eigenvalue weighted by Crippen LogP contribution is -2.51. The van der Waals surface area contributed by atoms with Crippen molar-refractivity contribution < 1.29 is 4.79 Å². The molecule has 0 aromatic heterocycles. The highest BCUT2D eigenvalue weighted by atomic mass is 35.5. The average molecular weight is 454 g/mol. The zero-order valence-corrected chi connectivity index (χ0v) is 20.1. The fourth-order valence-electron chi connectivity index (χ4n) is 4.80. The van der Waals surface area contributed by atoms with Gasteiger partial charge in [-0.1, -0.05) is 24.6 Å². The number of anilines is 1. The zero-order chi connectivity index (χ0) is 22.3. The number of fused-ring (bicyclic) bond motifs is 1. The second kappa shape index (κ2) is 8.36. The van der Waals surface area contributed by atoms with Crippen LogP contribution >= 0.6 is 23.4 Å². The maximum atomic E-state index is 12.5. The molecule has 0 spiro atoms. The molecule has 6 heteroatoms. The van der Waals surface area contributed by atoms with Gasteiger partial charge in [0.25, 0.3) is 5.91 Å². The highest BCUT2D eigenvalue weighted by Gasteiger charge is 2.37. The summed E-state index contributed by atoms with van der Waals surface area (Å²) < 4.78 is 0. The molecule has 1 fully saturated rings. The Hall–Kier alpha value is -2.24. The summed E-state index contributed by atoms with van der Waals surface area (Å²) in [5.74, 6) is 0.346. The first-order valence-electron chi connectivity index (χ1n) is 10.6. The predicted molar refractivity (Wildman–Crippen MR) is 133 cm³/mol. The van der Waals surface area contributed by atoms with Crippen molar-refractivity contribution >= 4 is 51.9 Å². The van der Waals surface area contributed by atoms with E-state index in [1.807, 2.05) is 18.2 Å². The van der Waals surface area contributed by atoms with Crippen LogP contribution in [0.1, 0.15) is 58.1 Å². The summed E-state index contributed by atoms with van der Waals surface area (Å²) in [5.41, 5.74) is 4.57. The molecule has 2 aromatic rings. The summed E-state index contributed by atoms with van der Waals surface area (Å²) in [6, 6.07) is 14.2. The molecule has 2 aliphatic heterocycles. The summed E-state index contributed by atoms with van der Waals surface area (Å²) >= 11 is 7.29. The lowest BCUT2D eigenvalue weighted by molar-refractivity contribution is -0.115. The van der Waals surface area contributed by atoms with Gasteiger partial charge in [-0.15, -0.1) is 0 Å². The minimum Gasteiger partial charge on any atom is -0.364 e. The minimum atomic E-state index is -0.117. The number of rotatable bonds is 3. The number of hydrogen-bond donors (Lipinski definition) is 1. The van der Waals surface area contributed by atoms with E-state index in [9.17, 15) is 4.79 Å². The van der Waals surface area contributed by atoms with Gasteiger partial charge in [-0.25, -0.2) is 4.99 Å². The highest BCUT2D eigenvalue weighted by molar-refractivity contribution is 8.18. The Morgan fingerprint density at radius 2 is 1.94 bits per heavy atom. The number of nitrogens with zero attached hydrogens (tertiary/aromatic N) is 2. The van der Waals surface area contributed by atoms with Gasteiger partial charge in [-0.2, -0.15) is 0 Å². The van der Waals surface area contributed by atoms with E-state index in [2.05, 4.69) is 68.0 Å². The molecule has 1 amide bonds. The fraction of sp³-hybridized carbons (Fsp3) is 0.360. The van der Waals surface area contributed by atoms with E-state index >= 15 is 0 Å². The number of benzene rings is 2. The van der Waals surface area contributed by atoms with Gasteiger partial charge in [-0.05, 0) is 105 Å². The van der Waals surface area contributed by atoms with Crippen LogP contribution in [0.25, 0.3) is 6.08 Å². The first-order valence-corrected chi connectivity index (χ1v) is 11.8. The van der Waals surface area contributed by atoms with Crippen molar-refractivity contribution in [1.82, 2.24) is 5.32 Å². The van der Waals surface area contributed by atoms with Gasteiger partial charge in [0.05, 0.1) is 10.6 Å². The van der Waals surface area contributed by atoms with E-state index in [4.69, 9.17) is 11.6 Å². The van der Waals surface area contributed by atoms with Crippen LogP contribution in [0.3, 0.4) is 0 Å². The van der Waals surface area contributed by atoms with Gasteiger partial charge in [-0.3, -0.25) is 4.79 Å². The van der Waals surface area contributed by atoms with E-state index < -0.39 is 0 Å². The Morgan fingerprint density at radius 3 is 2.61 bits per heavy atom. The molecule has 2 aromatic carbocycles. The Labute approximate surface area is 193 Å². The predicted octanol–water partition coefficient (Wildman–Crippen LogP) is 6.73. The molecule has 0 aliphatic carbocycles. The highest BCUT2D eigenvalue weighted by Crippen LogP contribution is 2.45. The van der Waals surface area contributed by atoms with Crippen LogP contribution in [0, 0.1) is 0 Å². The largest absolute Gasteiger partial charge is 0.364 e. The SMILES string of the molecule is CC1CC(C)(C)N(C(C)C)c2ccc(/C=C3\SC(=Nc4ccc(Cl)cc4)NC3=O)cc21. The molecule has 1 N–H and O–H groups in total. The number of carbonyl (C=O) groups is 1. The quantitative estimate of drug-likeness (QED) is 0.524. The van der Waals surface area contributed by atoms with Crippen molar-refractivity contribution in [3.05, 3.63) is 63.5 Å². The molecule has 0 bridgehead atoms. The van der Waals surface area contributed by atoms with E-state index in [-0.39, 0.29) is 11.4 Å². The lowest BCUT2D eigenvalue weighted by Gasteiger charge is -2.50. The first kappa shape index (κ1) is 22.0. The van der Waals surface area contributed by atoms with Gasteiger partial charge in [0, 0.05) is 22.3 Å². The number of thioether (sulfide) groups is 1. The lowest BCUT2D eigenvalue weighted by atomic mass is 9.79. The van der Waals surface area contributed by atoms with Gasteiger partial charge in [0.2, 0.25) is 0 Å². The molecule has 1 saturated heterocycles. The smallest absolute Gasteiger partial charge is 0.264 e. The van der Waals surface area contributed by atoms with Crippen LogP contribution in [0.15, 0.2) is 52.4 Å². The molecule has 4 rings (SSSR count). The number of aliphatic imine (C=N–C) groups is 1. The second-order valence-electron chi connectivity index (χ2n) is 9.16. The molecule has 2 aliphatic rings. The number of carbonyl (C=O) groups excluding carboxylic acids is 1. The van der Waals surface area contributed by atoms with Gasteiger partial charge in [0.1, 0.15) is 0 Å². The Bertz CT molecular complexity index is 1070. The van der Waals surface area contributed by atoms with Crippen LogP contribution in [-0.2, 0) is 4.79 Å². The van der Waals surface area contributed by atoms with Crippen LogP contribution in [0.5, 0.6) is 0 Å². The average Bonchev–Trinajstić information content (AvgIpc) is 3.02. The molecule has 162 valence electrons. The van der Waals surface area contributed by atoms with E-state index in [0.29, 0.717) is 27.1 Å². The fourth-order valence-corrected chi connectivity index (χ4v) is 5.77. The number of hydrogen-bond acceptors (Lipinski definition) is 4. The third kappa shape index (κ3) is 4.53. The van der Waals surface area contributed by atoms with Crippen molar-refractivity contribution in [1.29, 1.82) is 0 Å². The number of nitrogens with one attached hydrogen (secondary N) is 1. The third-order valence-corrected chi connectivity index (χ3v) is 6.98. The van der Waals surface area contributed by atoms with Gasteiger partial charge < -0.3 is 10.2 Å². The first-order chi connectivity index (χ1) is 14.6. The normalized spacial score (nSPS) is 22.9. The van der Waals surface area contributed by atoms with Gasteiger partial charge >= 0.3 is 0 Å². The molecule has 2 heterocycles. The molecular weight excluding hydrogens is 426 g/mol. The standard InChI is InChI=1S/C25H28ClN3OS/c1-15(2)29-21-11-6-17(12-20(21)16(3)14-25(29,4)5)13-22-23(30)28-24(31-22)27-19-9-7-18(26)8-10-19/h6-13,15-16H,14H2,1-5H3,(H,27,28,30)/b22-13-. The Morgan fingerprint density at radius 1 is 1.23 bits per heavy atom. The van der Waals surface area contributed by atoms with Crippen molar-refractivity contribution in [3.63, 3.8) is 0 Å².